The Bertz CT molecular complexity index is 884. The fourth-order valence-corrected chi connectivity index (χ4v) is 4.65. The molecule has 2 fully saturated rings. The summed E-state index contributed by atoms with van der Waals surface area (Å²) in [5.74, 6) is 1.96. The molecule has 2 saturated heterocycles. The van der Waals surface area contributed by atoms with E-state index >= 15 is 0 Å². The summed E-state index contributed by atoms with van der Waals surface area (Å²) >= 11 is 0. The van der Waals surface area contributed by atoms with E-state index in [0.29, 0.717) is 12.6 Å². The maximum atomic E-state index is 4.87. The minimum Gasteiger partial charge on any atom is -0.357 e. The number of likely N-dealkylation sites (N-methyl/N-ethyl adjacent to an activating group) is 1. The van der Waals surface area contributed by atoms with Crippen LogP contribution in [0.2, 0.25) is 0 Å². The Labute approximate surface area is 222 Å². The van der Waals surface area contributed by atoms with Gasteiger partial charge in [-0.1, -0.05) is 30.3 Å². The van der Waals surface area contributed by atoms with Crippen LogP contribution in [0.3, 0.4) is 0 Å². The molecule has 1 unspecified atom stereocenters. The predicted octanol–water partition coefficient (Wildman–Crippen LogP) is 3.17. The fourth-order valence-electron chi connectivity index (χ4n) is 4.65. The van der Waals surface area contributed by atoms with Crippen molar-refractivity contribution in [2.45, 2.75) is 38.9 Å². The van der Waals surface area contributed by atoms with Gasteiger partial charge in [-0.05, 0) is 56.6 Å². The molecule has 0 aliphatic carbocycles. The number of anilines is 1. The third-order valence-electron chi connectivity index (χ3n) is 6.63. The predicted molar refractivity (Wildman–Crippen MR) is 152 cm³/mol. The van der Waals surface area contributed by atoms with Crippen molar-refractivity contribution in [3.05, 3.63) is 59.8 Å². The van der Waals surface area contributed by atoms with Crippen LogP contribution in [0.25, 0.3) is 0 Å². The molecule has 3 heterocycles. The number of pyridine rings is 1. The van der Waals surface area contributed by atoms with Crippen molar-refractivity contribution in [3.63, 3.8) is 0 Å². The molecule has 2 N–H and O–H groups in total. The second-order valence-corrected chi connectivity index (χ2v) is 9.14. The number of benzene rings is 1. The molecule has 0 spiro atoms. The van der Waals surface area contributed by atoms with Gasteiger partial charge in [0.25, 0.3) is 0 Å². The highest BCUT2D eigenvalue weighted by atomic mass is 127. The number of rotatable bonds is 8. The first-order chi connectivity index (χ1) is 16.2. The number of aromatic nitrogens is 1. The molecule has 4 rings (SSSR count). The van der Waals surface area contributed by atoms with E-state index in [9.17, 15) is 0 Å². The van der Waals surface area contributed by atoms with E-state index in [2.05, 4.69) is 86.8 Å². The molecule has 1 atom stereocenters. The van der Waals surface area contributed by atoms with Crippen LogP contribution in [0.5, 0.6) is 0 Å². The topological polar surface area (TPSA) is 59.0 Å². The summed E-state index contributed by atoms with van der Waals surface area (Å²) in [5.41, 5.74) is 2.58. The lowest BCUT2D eigenvalue weighted by Crippen LogP contribution is -2.45. The summed E-state index contributed by atoms with van der Waals surface area (Å²) in [6.45, 7) is 11.0. The number of nitrogens with one attached hydrogen (secondary N) is 2. The second-order valence-electron chi connectivity index (χ2n) is 9.14. The number of likely N-dealkylation sites (tertiary alicyclic amines) is 1. The van der Waals surface area contributed by atoms with Crippen molar-refractivity contribution in [2.24, 2.45) is 4.99 Å². The number of hydrogen-bond acceptors (Lipinski definition) is 5. The lowest BCUT2D eigenvalue weighted by Gasteiger charge is -2.33. The molecule has 8 heteroatoms. The number of nitrogens with zero attached hydrogens (tertiary/aromatic N) is 5. The van der Waals surface area contributed by atoms with E-state index in [1.807, 2.05) is 6.20 Å². The highest BCUT2D eigenvalue weighted by Crippen LogP contribution is 2.19. The molecule has 2 aromatic rings. The van der Waals surface area contributed by atoms with Crippen molar-refractivity contribution in [2.75, 3.05) is 57.8 Å². The average molecular weight is 578 g/mol. The molecule has 1 aromatic heterocycles. The quantitative estimate of drug-likeness (QED) is 0.286. The Morgan fingerprint density at radius 2 is 1.82 bits per heavy atom. The first kappa shape index (κ1) is 26.7. The monoisotopic (exact) mass is 577 g/mol. The van der Waals surface area contributed by atoms with Crippen LogP contribution in [0.15, 0.2) is 53.7 Å². The number of aliphatic imine (C=N–C) groups is 1. The van der Waals surface area contributed by atoms with Gasteiger partial charge in [0.05, 0.1) is 6.54 Å². The number of halogens is 1. The van der Waals surface area contributed by atoms with Gasteiger partial charge in [0.15, 0.2) is 5.96 Å². The normalized spacial score (nSPS) is 19.6. The zero-order valence-electron chi connectivity index (χ0n) is 20.6. The van der Waals surface area contributed by atoms with Gasteiger partial charge in [-0.2, -0.15) is 0 Å². The number of guanidine groups is 1. The largest absolute Gasteiger partial charge is 0.357 e. The zero-order valence-corrected chi connectivity index (χ0v) is 22.9. The Balaban J connectivity index is 0.00000324. The molecule has 0 saturated carbocycles. The van der Waals surface area contributed by atoms with Gasteiger partial charge in [-0.3, -0.25) is 4.90 Å². The van der Waals surface area contributed by atoms with Crippen LogP contribution >= 0.6 is 24.0 Å². The van der Waals surface area contributed by atoms with Crippen LogP contribution in [0, 0.1) is 0 Å². The highest BCUT2D eigenvalue weighted by Gasteiger charge is 2.24. The summed E-state index contributed by atoms with van der Waals surface area (Å²) in [5, 5.41) is 7.01. The Hall–Kier alpha value is -1.91. The summed E-state index contributed by atoms with van der Waals surface area (Å²) < 4.78 is 0. The van der Waals surface area contributed by atoms with Crippen molar-refractivity contribution in [3.8, 4) is 0 Å². The molecule has 2 aliphatic heterocycles. The van der Waals surface area contributed by atoms with Crippen LogP contribution < -0.4 is 15.5 Å². The number of hydrogen-bond donors (Lipinski definition) is 2. The molecule has 1 aromatic carbocycles. The summed E-state index contributed by atoms with van der Waals surface area (Å²) in [4.78, 5) is 16.8. The molecule has 0 radical (unpaired) electrons. The minimum absolute atomic E-state index is 0. The highest BCUT2D eigenvalue weighted by molar-refractivity contribution is 14.0. The third-order valence-corrected chi connectivity index (χ3v) is 6.63. The molecule has 7 nitrogen and oxygen atoms in total. The van der Waals surface area contributed by atoms with Gasteiger partial charge in [0.1, 0.15) is 5.82 Å². The van der Waals surface area contributed by atoms with Crippen molar-refractivity contribution in [1.82, 2.24) is 25.4 Å². The van der Waals surface area contributed by atoms with E-state index in [1.165, 1.54) is 30.5 Å². The summed E-state index contributed by atoms with van der Waals surface area (Å²) in [7, 11) is 2.18. The van der Waals surface area contributed by atoms with E-state index in [-0.39, 0.29) is 24.0 Å². The van der Waals surface area contributed by atoms with Crippen LogP contribution in [-0.2, 0) is 13.1 Å². The van der Waals surface area contributed by atoms with Gasteiger partial charge >= 0.3 is 0 Å². The second kappa shape index (κ2) is 13.8. The minimum atomic E-state index is 0. The van der Waals surface area contributed by atoms with Crippen LogP contribution in [0.4, 0.5) is 5.82 Å². The lowest BCUT2D eigenvalue weighted by molar-refractivity contribution is 0.245. The molecule has 0 amide bonds. The maximum Gasteiger partial charge on any atom is 0.191 e. The number of piperazine rings is 1. The van der Waals surface area contributed by atoms with Gasteiger partial charge in [-0.15, -0.1) is 24.0 Å². The lowest BCUT2D eigenvalue weighted by atomic mass is 10.2. The summed E-state index contributed by atoms with van der Waals surface area (Å²) in [6, 6.07) is 15.6. The van der Waals surface area contributed by atoms with E-state index in [4.69, 9.17) is 4.99 Å². The van der Waals surface area contributed by atoms with Crippen LogP contribution in [-0.4, -0.2) is 79.6 Å². The Morgan fingerprint density at radius 1 is 1.03 bits per heavy atom. The van der Waals surface area contributed by atoms with Gasteiger partial charge < -0.3 is 20.4 Å². The molecule has 186 valence electrons. The molecule has 34 heavy (non-hydrogen) atoms. The Kier molecular flexibility index (Phi) is 10.9. The van der Waals surface area contributed by atoms with Crippen molar-refractivity contribution >= 4 is 35.8 Å². The standard InChI is InChI=1S/C26H39N7.HI/c1-3-27-26(30-20-24-10-7-13-33(24)21-22-8-5-4-6-9-22)29-19-23-11-12-28-25(18-23)32-16-14-31(2)15-17-32;/h4-6,8-9,11-12,18,24H,3,7,10,13-17,19-21H2,1-2H3,(H2,27,29,30);1H. The Morgan fingerprint density at radius 3 is 2.59 bits per heavy atom. The maximum absolute atomic E-state index is 4.87. The van der Waals surface area contributed by atoms with Crippen molar-refractivity contribution < 1.29 is 0 Å². The van der Waals surface area contributed by atoms with Crippen molar-refractivity contribution in [1.29, 1.82) is 0 Å². The fraction of sp³-hybridized carbons (Fsp3) is 0.538. The SMILES string of the molecule is CCNC(=NCc1ccnc(N2CCN(C)CC2)c1)NCC1CCCN1Cc1ccccc1.I. The van der Waals surface area contributed by atoms with E-state index in [0.717, 1.165) is 57.6 Å². The summed E-state index contributed by atoms with van der Waals surface area (Å²) in [6.07, 6.45) is 4.41. The van der Waals surface area contributed by atoms with E-state index < -0.39 is 0 Å². The van der Waals surface area contributed by atoms with Gasteiger partial charge in [0, 0.05) is 58.1 Å². The third kappa shape index (κ3) is 7.81. The molecular weight excluding hydrogens is 537 g/mol. The van der Waals surface area contributed by atoms with Crippen LogP contribution in [0.1, 0.15) is 30.9 Å². The van der Waals surface area contributed by atoms with Gasteiger partial charge in [-0.25, -0.2) is 9.98 Å². The molecule has 2 aliphatic rings. The average Bonchev–Trinajstić information content (AvgIpc) is 3.29. The first-order valence-electron chi connectivity index (χ1n) is 12.4. The molecule has 0 bridgehead atoms. The first-order valence-corrected chi connectivity index (χ1v) is 12.4. The zero-order chi connectivity index (χ0) is 22.9. The van der Waals surface area contributed by atoms with Gasteiger partial charge in [0.2, 0.25) is 0 Å². The molecular formula is C26H40IN7. The smallest absolute Gasteiger partial charge is 0.191 e. The van der Waals surface area contributed by atoms with E-state index in [1.54, 1.807) is 0 Å².